The quantitative estimate of drug-likeness (QED) is 0.604. The van der Waals surface area contributed by atoms with Crippen LogP contribution in [0.15, 0.2) is 17.3 Å². The molecule has 18 heavy (non-hydrogen) atoms. The summed E-state index contributed by atoms with van der Waals surface area (Å²) in [6.07, 6.45) is 5.20. The summed E-state index contributed by atoms with van der Waals surface area (Å²) < 4.78 is 26.3. The van der Waals surface area contributed by atoms with E-state index in [0.717, 1.165) is 19.3 Å². The molecule has 1 atom stereocenters. The predicted molar refractivity (Wildman–Crippen MR) is 67.0 cm³/mol. The molecule has 1 saturated heterocycles. The Labute approximate surface area is 106 Å². The first kappa shape index (κ1) is 13.2. The van der Waals surface area contributed by atoms with Gasteiger partial charge in [0.05, 0.1) is 12.4 Å². The van der Waals surface area contributed by atoms with Gasteiger partial charge in [0.15, 0.2) is 0 Å². The van der Waals surface area contributed by atoms with E-state index in [-0.39, 0.29) is 16.9 Å². The summed E-state index contributed by atoms with van der Waals surface area (Å²) in [7, 11) is -3.49. The van der Waals surface area contributed by atoms with Crippen LogP contribution in [0, 0.1) is 0 Å². The summed E-state index contributed by atoms with van der Waals surface area (Å²) in [6.45, 7) is 2.56. The number of nitrogens with zero attached hydrogens (tertiary/aromatic N) is 3. The van der Waals surface area contributed by atoms with Crippen molar-refractivity contribution in [2.24, 2.45) is 5.84 Å². The van der Waals surface area contributed by atoms with E-state index in [1.165, 1.54) is 12.4 Å². The molecule has 1 unspecified atom stereocenters. The molecule has 0 bridgehead atoms. The highest BCUT2D eigenvalue weighted by Gasteiger charge is 2.34. The summed E-state index contributed by atoms with van der Waals surface area (Å²) in [5.41, 5.74) is 2.26. The normalized spacial score (nSPS) is 21.1. The van der Waals surface area contributed by atoms with Crippen molar-refractivity contribution in [2.75, 3.05) is 12.0 Å². The first-order valence-electron chi connectivity index (χ1n) is 5.90. The summed E-state index contributed by atoms with van der Waals surface area (Å²) >= 11 is 0. The minimum absolute atomic E-state index is 0.0855. The smallest absolute Gasteiger partial charge is 0.246 e. The average molecular weight is 271 g/mol. The van der Waals surface area contributed by atoms with Gasteiger partial charge in [0, 0.05) is 12.6 Å². The van der Waals surface area contributed by atoms with Gasteiger partial charge in [-0.3, -0.25) is 5.43 Å². The van der Waals surface area contributed by atoms with Crippen LogP contribution in [0.5, 0.6) is 0 Å². The van der Waals surface area contributed by atoms with Crippen molar-refractivity contribution in [2.45, 2.75) is 37.1 Å². The number of hydrogen-bond donors (Lipinski definition) is 2. The van der Waals surface area contributed by atoms with Gasteiger partial charge in [0.2, 0.25) is 16.0 Å². The Kier molecular flexibility index (Phi) is 3.79. The van der Waals surface area contributed by atoms with E-state index in [1.807, 2.05) is 6.92 Å². The molecule has 1 fully saturated rings. The molecule has 0 saturated carbocycles. The lowest BCUT2D eigenvalue weighted by atomic mass is 10.2. The molecule has 0 amide bonds. The second-order valence-electron chi connectivity index (χ2n) is 4.21. The zero-order valence-electron chi connectivity index (χ0n) is 10.2. The first-order valence-corrected chi connectivity index (χ1v) is 7.34. The highest BCUT2D eigenvalue weighted by Crippen LogP contribution is 2.27. The molecular weight excluding hydrogens is 254 g/mol. The zero-order valence-corrected chi connectivity index (χ0v) is 11.0. The van der Waals surface area contributed by atoms with Crippen LogP contribution in [0.4, 0.5) is 5.95 Å². The van der Waals surface area contributed by atoms with Crippen LogP contribution in [0.1, 0.15) is 26.2 Å². The Morgan fingerprint density at radius 3 is 2.72 bits per heavy atom. The van der Waals surface area contributed by atoms with Gasteiger partial charge in [-0.2, -0.15) is 4.31 Å². The van der Waals surface area contributed by atoms with Crippen molar-refractivity contribution in [3.63, 3.8) is 0 Å². The van der Waals surface area contributed by atoms with Crippen molar-refractivity contribution >= 4 is 16.0 Å². The minimum Gasteiger partial charge on any atom is -0.292 e. The Bertz CT molecular complexity index is 502. The van der Waals surface area contributed by atoms with Crippen LogP contribution in [-0.4, -0.2) is 35.3 Å². The second-order valence-corrected chi connectivity index (χ2v) is 6.10. The van der Waals surface area contributed by atoms with Crippen LogP contribution in [0.3, 0.4) is 0 Å². The number of hydrogen-bond acceptors (Lipinski definition) is 6. The predicted octanol–water partition coefficient (Wildman–Crippen LogP) is 0.325. The Morgan fingerprint density at radius 1 is 1.50 bits per heavy atom. The third-order valence-electron chi connectivity index (χ3n) is 3.16. The highest BCUT2D eigenvalue weighted by atomic mass is 32.2. The molecule has 0 spiro atoms. The van der Waals surface area contributed by atoms with Crippen molar-refractivity contribution in [1.82, 2.24) is 14.3 Å². The SMILES string of the molecule is CCC1CCCN1S(=O)(=O)c1cnc(NN)nc1. The standard InChI is InChI=1S/C10H17N5O2S/c1-2-8-4-3-5-15(8)18(16,17)9-6-12-10(14-11)13-7-9/h6-8H,2-5,11H2,1H3,(H,12,13,14). The molecule has 2 heterocycles. The fourth-order valence-electron chi connectivity index (χ4n) is 2.19. The van der Waals surface area contributed by atoms with Crippen LogP contribution < -0.4 is 11.3 Å². The van der Waals surface area contributed by atoms with E-state index >= 15 is 0 Å². The van der Waals surface area contributed by atoms with E-state index in [9.17, 15) is 8.42 Å². The van der Waals surface area contributed by atoms with E-state index in [1.54, 1.807) is 4.31 Å². The average Bonchev–Trinajstić information content (AvgIpc) is 2.88. The topological polar surface area (TPSA) is 101 Å². The number of rotatable bonds is 4. The molecule has 7 nitrogen and oxygen atoms in total. The van der Waals surface area contributed by atoms with Crippen LogP contribution in [0.2, 0.25) is 0 Å². The molecule has 1 aromatic rings. The van der Waals surface area contributed by atoms with Gasteiger partial charge in [-0.05, 0) is 19.3 Å². The Balaban J connectivity index is 2.29. The van der Waals surface area contributed by atoms with Crippen LogP contribution >= 0.6 is 0 Å². The summed E-state index contributed by atoms with van der Waals surface area (Å²) in [6, 6.07) is 0.0855. The van der Waals surface area contributed by atoms with Gasteiger partial charge in [0.1, 0.15) is 4.90 Å². The van der Waals surface area contributed by atoms with Crippen molar-refractivity contribution in [3.8, 4) is 0 Å². The molecule has 3 N–H and O–H groups in total. The largest absolute Gasteiger partial charge is 0.292 e. The third-order valence-corrected chi connectivity index (χ3v) is 5.06. The molecule has 8 heteroatoms. The number of nitrogen functional groups attached to an aromatic ring is 1. The van der Waals surface area contributed by atoms with Crippen LogP contribution in [-0.2, 0) is 10.0 Å². The molecule has 0 aliphatic carbocycles. The fourth-order valence-corrected chi connectivity index (χ4v) is 3.85. The van der Waals surface area contributed by atoms with E-state index in [0.29, 0.717) is 6.54 Å². The number of nitrogens with two attached hydrogens (primary N) is 1. The number of anilines is 1. The van der Waals surface area contributed by atoms with Crippen molar-refractivity contribution in [3.05, 3.63) is 12.4 Å². The lowest BCUT2D eigenvalue weighted by Crippen LogP contribution is -2.35. The number of aromatic nitrogens is 2. The van der Waals surface area contributed by atoms with Crippen molar-refractivity contribution in [1.29, 1.82) is 0 Å². The molecule has 0 aromatic carbocycles. The number of sulfonamides is 1. The van der Waals surface area contributed by atoms with Gasteiger partial charge < -0.3 is 0 Å². The first-order chi connectivity index (χ1) is 8.59. The van der Waals surface area contributed by atoms with Gasteiger partial charge in [0.25, 0.3) is 0 Å². The summed E-state index contributed by atoms with van der Waals surface area (Å²) in [4.78, 5) is 7.78. The van der Waals surface area contributed by atoms with E-state index < -0.39 is 10.0 Å². The van der Waals surface area contributed by atoms with Crippen molar-refractivity contribution < 1.29 is 8.42 Å². The maximum atomic E-state index is 12.4. The van der Waals surface area contributed by atoms with E-state index in [4.69, 9.17) is 5.84 Å². The summed E-state index contributed by atoms with van der Waals surface area (Å²) in [5.74, 6) is 5.34. The zero-order chi connectivity index (χ0) is 13.2. The number of hydrazine groups is 1. The van der Waals surface area contributed by atoms with Gasteiger partial charge in [-0.1, -0.05) is 6.92 Å². The second kappa shape index (κ2) is 5.17. The molecule has 100 valence electrons. The van der Waals surface area contributed by atoms with Crippen LogP contribution in [0.25, 0.3) is 0 Å². The monoisotopic (exact) mass is 271 g/mol. The molecule has 1 aromatic heterocycles. The maximum Gasteiger partial charge on any atom is 0.246 e. The molecule has 1 aliphatic heterocycles. The van der Waals surface area contributed by atoms with Gasteiger partial charge in [-0.25, -0.2) is 24.2 Å². The van der Waals surface area contributed by atoms with Gasteiger partial charge >= 0.3 is 0 Å². The minimum atomic E-state index is -3.49. The summed E-state index contributed by atoms with van der Waals surface area (Å²) in [5, 5.41) is 0. The Morgan fingerprint density at radius 2 is 2.17 bits per heavy atom. The number of nitrogens with one attached hydrogen (secondary N) is 1. The maximum absolute atomic E-state index is 12.4. The molecule has 2 rings (SSSR count). The fraction of sp³-hybridized carbons (Fsp3) is 0.600. The molecule has 1 aliphatic rings. The molecular formula is C10H17N5O2S. The Hall–Kier alpha value is -1.25. The third kappa shape index (κ3) is 2.31. The van der Waals surface area contributed by atoms with Gasteiger partial charge in [-0.15, -0.1) is 0 Å². The highest BCUT2D eigenvalue weighted by molar-refractivity contribution is 7.89. The lowest BCUT2D eigenvalue weighted by Gasteiger charge is -2.22. The lowest BCUT2D eigenvalue weighted by molar-refractivity contribution is 0.379. The molecule has 0 radical (unpaired) electrons. The van der Waals surface area contributed by atoms with E-state index in [2.05, 4.69) is 15.4 Å².